The Balaban J connectivity index is 1.36. The Morgan fingerprint density at radius 1 is 1.22 bits per heavy atom. The van der Waals surface area contributed by atoms with Crippen molar-refractivity contribution in [2.45, 2.75) is 103 Å². The Labute approximate surface area is 219 Å². The van der Waals surface area contributed by atoms with Crippen LogP contribution < -0.4 is 0 Å². The van der Waals surface area contributed by atoms with Crippen molar-refractivity contribution in [2.75, 3.05) is 6.61 Å². The van der Waals surface area contributed by atoms with Crippen LogP contribution in [-0.4, -0.2) is 52.8 Å². The molecule has 6 rings (SSSR count). The molecule has 37 heavy (non-hydrogen) atoms. The lowest BCUT2D eigenvalue weighted by molar-refractivity contribution is -0.195. The maximum Gasteiger partial charge on any atom is 0.334 e. The Hall–Kier alpha value is -1.99. The van der Waals surface area contributed by atoms with E-state index in [0.717, 1.165) is 44.1 Å². The van der Waals surface area contributed by atoms with Gasteiger partial charge in [0.05, 0.1) is 18.1 Å². The molecule has 10 atom stereocenters. The van der Waals surface area contributed by atoms with Gasteiger partial charge in [-0.15, -0.1) is 0 Å². The largest absolute Gasteiger partial charge is 0.465 e. The smallest absolute Gasteiger partial charge is 0.334 e. The van der Waals surface area contributed by atoms with E-state index in [-0.39, 0.29) is 59.7 Å². The van der Waals surface area contributed by atoms with Crippen molar-refractivity contribution in [3.63, 3.8) is 0 Å². The van der Waals surface area contributed by atoms with E-state index in [1.807, 2.05) is 13.0 Å². The normalized spacial score (nSPS) is 47.7. The maximum atomic E-state index is 13.4. The molecule has 0 unspecified atom stereocenters. The fourth-order valence-electron chi connectivity index (χ4n) is 9.72. The van der Waals surface area contributed by atoms with E-state index in [0.29, 0.717) is 12.0 Å². The first-order valence-electron chi connectivity index (χ1n) is 14.0. The topological polar surface area (TPSA) is 102 Å². The zero-order valence-corrected chi connectivity index (χ0v) is 22.7. The molecule has 0 bridgehead atoms. The number of ketones is 1. The average Bonchev–Trinajstić information content (AvgIpc) is 3.40. The average molecular weight is 513 g/mol. The number of rotatable bonds is 4. The van der Waals surface area contributed by atoms with Crippen LogP contribution in [0.3, 0.4) is 0 Å². The van der Waals surface area contributed by atoms with Gasteiger partial charge in [0.1, 0.15) is 17.3 Å². The summed E-state index contributed by atoms with van der Waals surface area (Å²) < 4.78 is 17.9. The molecule has 4 fully saturated rings. The lowest BCUT2D eigenvalue weighted by Crippen LogP contribution is -2.62. The van der Waals surface area contributed by atoms with Crippen molar-refractivity contribution in [1.82, 2.24) is 0 Å². The molecule has 1 N–H and O–H groups in total. The Morgan fingerprint density at radius 2 is 1.97 bits per heavy atom. The second-order valence-electron chi connectivity index (χ2n) is 13.2. The lowest BCUT2D eigenvalue weighted by Gasteiger charge is -2.59. The number of hydrogen-bond acceptors (Lipinski definition) is 7. The number of allylic oxidation sites excluding steroid dienone is 1. The van der Waals surface area contributed by atoms with Gasteiger partial charge in [-0.1, -0.05) is 11.6 Å². The highest BCUT2D eigenvalue weighted by Gasteiger charge is 2.78. The van der Waals surface area contributed by atoms with Crippen molar-refractivity contribution < 1.29 is 33.7 Å². The third kappa shape index (κ3) is 3.22. The van der Waals surface area contributed by atoms with Gasteiger partial charge in [0.15, 0.2) is 5.78 Å². The number of aliphatic hydroxyl groups is 1. The molecule has 0 aromatic rings. The summed E-state index contributed by atoms with van der Waals surface area (Å²) in [5.74, 6) is -0.0726. The number of carbonyl (C=O) groups excluding carboxylic acids is 3. The van der Waals surface area contributed by atoms with Crippen molar-refractivity contribution in [3.8, 4) is 0 Å². The number of epoxide rings is 1. The predicted octanol–water partition coefficient (Wildman–Crippen LogP) is 4.07. The van der Waals surface area contributed by atoms with Crippen LogP contribution in [-0.2, 0) is 28.6 Å². The summed E-state index contributed by atoms with van der Waals surface area (Å²) in [5, 5.41) is 12.1. The second kappa shape index (κ2) is 8.01. The summed E-state index contributed by atoms with van der Waals surface area (Å²) in [6.07, 6.45) is 8.59. The molecule has 4 aliphatic carbocycles. The van der Waals surface area contributed by atoms with Crippen LogP contribution in [0.5, 0.6) is 0 Å². The van der Waals surface area contributed by atoms with Crippen LogP contribution in [0.25, 0.3) is 0 Å². The quantitative estimate of drug-likeness (QED) is 0.447. The van der Waals surface area contributed by atoms with Crippen molar-refractivity contribution in [2.24, 2.45) is 34.5 Å². The van der Waals surface area contributed by atoms with E-state index in [9.17, 15) is 19.5 Å². The van der Waals surface area contributed by atoms with Gasteiger partial charge in [-0.3, -0.25) is 9.59 Å². The molecule has 1 spiro atoms. The molecule has 1 saturated heterocycles. The molecule has 3 saturated carbocycles. The Bertz CT molecular complexity index is 1120. The first-order chi connectivity index (χ1) is 17.4. The van der Waals surface area contributed by atoms with E-state index < -0.39 is 22.5 Å². The Kier molecular flexibility index (Phi) is 5.48. The highest BCUT2D eigenvalue weighted by atomic mass is 16.6. The number of carbonyl (C=O) groups is 3. The molecule has 7 nitrogen and oxygen atoms in total. The minimum Gasteiger partial charge on any atom is -0.465 e. The molecule has 6 aliphatic rings. The number of hydrogen-bond donors (Lipinski definition) is 1. The molecule has 2 heterocycles. The second-order valence-corrected chi connectivity index (χ2v) is 13.2. The predicted molar refractivity (Wildman–Crippen MR) is 134 cm³/mol. The number of ether oxygens (including phenoxy) is 3. The molecule has 0 aromatic heterocycles. The van der Waals surface area contributed by atoms with Gasteiger partial charge in [0.25, 0.3) is 0 Å². The molecule has 202 valence electrons. The van der Waals surface area contributed by atoms with Crippen LogP contribution in [0, 0.1) is 34.5 Å². The fraction of sp³-hybridized carbons (Fsp3) is 0.767. The highest BCUT2D eigenvalue weighted by molar-refractivity contribution is 5.97. The molecule has 0 aromatic carbocycles. The van der Waals surface area contributed by atoms with E-state index in [1.165, 1.54) is 6.92 Å². The first-order valence-corrected chi connectivity index (χ1v) is 14.0. The molecule has 0 radical (unpaired) electrons. The summed E-state index contributed by atoms with van der Waals surface area (Å²) in [4.78, 5) is 38.0. The summed E-state index contributed by atoms with van der Waals surface area (Å²) in [6.45, 7) is 9.29. The standard InChI is InChI=1S/C30H40O7/c1-16-13-24(36-26(33)17(16)2)28(5,34)22-9-8-21-19-14-25-30(37-25)11-6-7-23(32)27(30,4)20(19)10-12-29(21,22)15-35-18(3)31/h6-7,19-22,24-25,34H,8-15H2,1-5H3/t19-,20+,21+,22-,24-,25-,27+,28-,29-,30-/m1/s1. The van der Waals surface area contributed by atoms with Crippen molar-refractivity contribution in [3.05, 3.63) is 23.3 Å². The number of cyclic esters (lactones) is 1. The van der Waals surface area contributed by atoms with Crippen LogP contribution in [0.15, 0.2) is 23.3 Å². The van der Waals surface area contributed by atoms with Crippen LogP contribution in [0.4, 0.5) is 0 Å². The SMILES string of the molecule is CC(=O)OC[C@]12CC[C@H]3[C@@H](C[C@H]4O[C@]45CC=CC(=O)[C@]35C)[C@@H]1CC[C@@H]2[C@@](C)(O)[C@H]1CC(C)=C(C)C(=O)O1. The van der Waals surface area contributed by atoms with E-state index in [2.05, 4.69) is 6.92 Å². The van der Waals surface area contributed by atoms with E-state index in [4.69, 9.17) is 14.2 Å². The zero-order chi connectivity index (χ0) is 26.5. The lowest BCUT2D eigenvalue weighted by atomic mass is 9.44. The maximum absolute atomic E-state index is 13.4. The summed E-state index contributed by atoms with van der Waals surface area (Å²) in [7, 11) is 0. The van der Waals surface area contributed by atoms with Crippen molar-refractivity contribution >= 4 is 17.7 Å². The van der Waals surface area contributed by atoms with E-state index in [1.54, 1.807) is 19.9 Å². The molecular formula is C30H40O7. The molecule has 7 heteroatoms. The van der Waals surface area contributed by atoms with Crippen LogP contribution >= 0.6 is 0 Å². The summed E-state index contributed by atoms with van der Waals surface area (Å²) in [6, 6.07) is 0. The number of esters is 2. The summed E-state index contributed by atoms with van der Waals surface area (Å²) >= 11 is 0. The highest BCUT2D eigenvalue weighted by Crippen LogP contribution is 2.73. The van der Waals surface area contributed by atoms with Gasteiger partial charge in [0, 0.05) is 30.3 Å². The van der Waals surface area contributed by atoms with Crippen molar-refractivity contribution in [1.29, 1.82) is 0 Å². The summed E-state index contributed by atoms with van der Waals surface area (Å²) in [5.41, 5.74) is -1.06. The van der Waals surface area contributed by atoms with E-state index >= 15 is 0 Å². The van der Waals surface area contributed by atoms with Gasteiger partial charge in [-0.2, -0.15) is 0 Å². The monoisotopic (exact) mass is 512 g/mol. The molecule has 0 amide bonds. The molecule has 2 aliphatic heterocycles. The zero-order valence-electron chi connectivity index (χ0n) is 22.7. The van der Waals surface area contributed by atoms with Gasteiger partial charge < -0.3 is 19.3 Å². The van der Waals surface area contributed by atoms with Gasteiger partial charge >= 0.3 is 11.9 Å². The third-order valence-corrected chi connectivity index (χ3v) is 11.9. The minimum absolute atomic E-state index is 0.0757. The Morgan fingerprint density at radius 3 is 2.68 bits per heavy atom. The van der Waals surface area contributed by atoms with Gasteiger partial charge in [0.2, 0.25) is 0 Å². The fourth-order valence-corrected chi connectivity index (χ4v) is 9.72. The van der Waals surface area contributed by atoms with Gasteiger partial charge in [-0.25, -0.2) is 4.79 Å². The minimum atomic E-state index is -1.28. The van der Waals surface area contributed by atoms with Gasteiger partial charge in [-0.05, 0) is 90.0 Å². The number of fused-ring (bicyclic) bond motifs is 4. The van der Waals surface area contributed by atoms with Crippen LogP contribution in [0.2, 0.25) is 0 Å². The first kappa shape index (κ1) is 25.3. The molecular weight excluding hydrogens is 472 g/mol. The van der Waals surface area contributed by atoms with Crippen LogP contribution in [0.1, 0.15) is 79.6 Å². The third-order valence-electron chi connectivity index (χ3n) is 11.9.